The second-order valence-corrected chi connectivity index (χ2v) is 7.56. The van der Waals surface area contributed by atoms with E-state index < -0.39 is 0 Å². The Bertz CT molecular complexity index is 646. The lowest BCUT2D eigenvalue weighted by atomic mass is 10.0. The van der Waals surface area contributed by atoms with Crippen LogP contribution in [-0.4, -0.2) is 89.1 Å². The summed E-state index contributed by atoms with van der Waals surface area (Å²) in [6.45, 7) is 3.94. The summed E-state index contributed by atoms with van der Waals surface area (Å²) in [5.41, 5.74) is 1.16. The van der Waals surface area contributed by atoms with E-state index in [2.05, 4.69) is 46.3 Å². The van der Waals surface area contributed by atoms with E-state index in [4.69, 9.17) is 14.2 Å². The SMILES string of the molecule is CN=C(NCC(c1ccccc1OC)N(C)C)N1CCOC(C2CCCO2)C1. The first kappa shape index (κ1) is 20.9. The van der Waals surface area contributed by atoms with Gasteiger partial charge in [-0.25, -0.2) is 0 Å². The molecule has 3 rings (SSSR count). The van der Waals surface area contributed by atoms with E-state index in [1.165, 1.54) is 0 Å². The molecule has 2 fully saturated rings. The lowest BCUT2D eigenvalue weighted by molar-refractivity contribution is -0.0817. The van der Waals surface area contributed by atoms with E-state index in [-0.39, 0.29) is 18.2 Å². The molecule has 156 valence electrons. The van der Waals surface area contributed by atoms with Gasteiger partial charge in [-0.15, -0.1) is 0 Å². The number of methoxy groups -OCH3 is 1. The first-order valence-electron chi connectivity index (χ1n) is 10.1. The maximum atomic E-state index is 5.98. The van der Waals surface area contributed by atoms with Crippen LogP contribution in [0.15, 0.2) is 29.3 Å². The van der Waals surface area contributed by atoms with Crippen LogP contribution in [0.25, 0.3) is 0 Å². The Labute approximate surface area is 168 Å². The van der Waals surface area contributed by atoms with Crippen molar-refractivity contribution >= 4 is 5.96 Å². The van der Waals surface area contributed by atoms with Gasteiger partial charge in [0.05, 0.1) is 25.9 Å². The predicted molar refractivity (Wildman–Crippen MR) is 111 cm³/mol. The van der Waals surface area contributed by atoms with Crippen LogP contribution in [0.1, 0.15) is 24.4 Å². The smallest absolute Gasteiger partial charge is 0.193 e. The minimum Gasteiger partial charge on any atom is -0.496 e. The van der Waals surface area contributed by atoms with Crippen LogP contribution in [0.4, 0.5) is 0 Å². The molecule has 0 saturated carbocycles. The number of nitrogens with zero attached hydrogens (tertiary/aromatic N) is 3. The van der Waals surface area contributed by atoms with Crippen molar-refractivity contribution in [1.82, 2.24) is 15.1 Å². The molecule has 0 bridgehead atoms. The second kappa shape index (κ2) is 10.1. The highest BCUT2D eigenvalue weighted by molar-refractivity contribution is 5.80. The molecule has 2 saturated heterocycles. The summed E-state index contributed by atoms with van der Waals surface area (Å²) in [6.07, 6.45) is 2.54. The summed E-state index contributed by atoms with van der Waals surface area (Å²) in [5.74, 6) is 1.82. The zero-order valence-electron chi connectivity index (χ0n) is 17.6. The molecule has 0 aromatic heterocycles. The van der Waals surface area contributed by atoms with E-state index in [0.717, 1.165) is 56.4 Å². The quantitative estimate of drug-likeness (QED) is 0.590. The van der Waals surface area contributed by atoms with Gasteiger partial charge in [-0.3, -0.25) is 4.99 Å². The summed E-state index contributed by atoms with van der Waals surface area (Å²) in [6, 6.07) is 8.35. The van der Waals surface area contributed by atoms with Crippen LogP contribution >= 0.6 is 0 Å². The van der Waals surface area contributed by atoms with E-state index in [0.29, 0.717) is 6.61 Å². The maximum Gasteiger partial charge on any atom is 0.193 e. The Balaban J connectivity index is 1.64. The fourth-order valence-electron chi connectivity index (χ4n) is 4.02. The topological polar surface area (TPSA) is 58.6 Å². The minimum atomic E-state index is 0.119. The first-order chi connectivity index (χ1) is 13.6. The number of likely N-dealkylation sites (N-methyl/N-ethyl adjacent to an activating group) is 1. The van der Waals surface area contributed by atoms with Crippen molar-refractivity contribution in [3.05, 3.63) is 29.8 Å². The van der Waals surface area contributed by atoms with Crippen LogP contribution < -0.4 is 10.1 Å². The second-order valence-electron chi connectivity index (χ2n) is 7.56. The number of nitrogens with one attached hydrogen (secondary N) is 1. The third kappa shape index (κ3) is 4.96. The largest absolute Gasteiger partial charge is 0.496 e. The van der Waals surface area contributed by atoms with Crippen LogP contribution in [0.5, 0.6) is 5.75 Å². The van der Waals surface area contributed by atoms with Gasteiger partial charge in [0.2, 0.25) is 0 Å². The molecule has 1 N–H and O–H groups in total. The third-order valence-corrected chi connectivity index (χ3v) is 5.56. The van der Waals surface area contributed by atoms with Gasteiger partial charge in [-0.05, 0) is 33.0 Å². The number of rotatable bonds is 6. The van der Waals surface area contributed by atoms with Gasteiger partial charge >= 0.3 is 0 Å². The van der Waals surface area contributed by atoms with Gasteiger partial charge in [0.15, 0.2) is 5.96 Å². The Kier molecular flexibility index (Phi) is 7.53. The predicted octanol–water partition coefficient (Wildman–Crippen LogP) is 1.75. The lowest BCUT2D eigenvalue weighted by Gasteiger charge is -2.37. The highest BCUT2D eigenvalue weighted by Crippen LogP contribution is 2.27. The van der Waals surface area contributed by atoms with Crippen molar-refractivity contribution < 1.29 is 14.2 Å². The fourth-order valence-corrected chi connectivity index (χ4v) is 4.02. The number of ether oxygens (including phenoxy) is 3. The molecule has 3 atom stereocenters. The molecule has 7 heteroatoms. The molecule has 1 aromatic rings. The first-order valence-corrected chi connectivity index (χ1v) is 10.1. The lowest BCUT2D eigenvalue weighted by Crippen LogP contribution is -2.54. The Morgan fingerprint density at radius 2 is 2.07 bits per heavy atom. The Hall–Kier alpha value is -1.83. The number of benzene rings is 1. The van der Waals surface area contributed by atoms with E-state index >= 15 is 0 Å². The maximum absolute atomic E-state index is 5.98. The highest BCUT2D eigenvalue weighted by Gasteiger charge is 2.32. The molecule has 7 nitrogen and oxygen atoms in total. The van der Waals surface area contributed by atoms with Gasteiger partial charge in [-0.1, -0.05) is 18.2 Å². The van der Waals surface area contributed by atoms with Gasteiger partial charge in [-0.2, -0.15) is 0 Å². The van der Waals surface area contributed by atoms with Gasteiger partial charge < -0.3 is 29.3 Å². The molecule has 0 aliphatic carbocycles. The van der Waals surface area contributed by atoms with Crippen molar-refractivity contribution in [2.24, 2.45) is 4.99 Å². The number of guanidine groups is 1. The average Bonchev–Trinajstić information content (AvgIpc) is 3.26. The number of aliphatic imine (C=N–C) groups is 1. The van der Waals surface area contributed by atoms with Crippen LogP contribution in [0, 0.1) is 0 Å². The Morgan fingerprint density at radius 1 is 1.29 bits per heavy atom. The summed E-state index contributed by atoms with van der Waals surface area (Å²) in [4.78, 5) is 9.01. The molecule has 2 heterocycles. The summed E-state index contributed by atoms with van der Waals surface area (Å²) >= 11 is 0. The highest BCUT2D eigenvalue weighted by atomic mass is 16.5. The average molecular weight is 391 g/mol. The Morgan fingerprint density at radius 3 is 2.75 bits per heavy atom. The standard InChI is InChI=1S/C21H34N4O3/c1-22-21(25-11-13-28-20(15-25)19-10-7-12-27-19)23-14-17(24(2)3)16-8-5-6-9-18(16)26-4/h5-6,8-9,17,19-20H,7,10-15H2,1-4H3,(H,22,23). The van der Waals surface area contributed by atoms with Gasteiger partial charge in [0.25, 0.3) is 0 Å². The van der Waals surface area contributed by atoms with Crippen molar-refractivity contribution in [1.29, 1.82) is 0 Å². The van der Waals surface area contributed by atoms with E-state index in [9.17, 15) is 0 Å². The zero-order chi connectivity index (χ0) is 19.9. The van der Waals surface area contributed by atoms with Crippen molar-refractivity contribution in [3.8, 4) is 5.75 Å². The van der Waals surface area contributed by atoms with Crippen molar-refractivity contribution in [2.45, 2.75) is 31.1 Å². The molecule has 28 heavy (non-hydrogen) atoms. The fraction of sp³-hybridized carbons (Fsp3) is 0.667. The molecule has 0 spiro atoms. The normalized spacial score (nSPS) is 24.5. The molecular formula is C21H34N4O3. The molecular weight excluding hydrogens is 356 g/mol. The van der Waals surface area contributed by atoms with E-state index in [1.807, 2.05) is 19.2 Å². The van der Waals surface area contributed by atoms with Crippen LogP contribution in [-0.2, 0) is 9.47 Å². The van der Waals surface area contributed by atoms with Gasteiger partial charge in [0, 0.05) is 38.9 Å². The molecule has 0 amide bonds. The van der Waals surface area contributed by atoms with Crippen LogP contribution in [0.3, 0.4) is 0 Å². The minimum absolute atomic E-state index is 0.119. The molecule has 0 radical (unpaired) electrons. The number of morpholine rings is 1. The van der Waals surface area contributed by atoms with Gasteiger partial charge in [0.1, 0.15) is 11.9 Å². The number of hydrogen-bond acceptors (Lipinski definition) is 5. The molecule has 2 aliphatic rings. The third-order valence-electron chi connectivity index (χ3n) is 5.56. The molecule has 2 aliphatic heterocycles. The van der Waals surface area contributed by atoms with Crippen molar-refractivity contribution in [3.63, 3.8) is 0 Å². The summed E-state index contributed by atoms with van der Waals surface area (Å²) in [5, 5.41) is 3.56. The van der Waals surface area contributed by atoms with Crippen LogP contribution in [0.2, 0.25) is 0 Å². The number of para-hydroxylation sites is 1. The summed E-state index contributed by atoms with van der Waals surface area (Å²) in [7, 11) is 7.73. The zero-order valence-corrected chi connectivity index (χ0v) is 17.6. The summed E-state index contributed by atoms with van der Waals surface area (Å²) < 4.78 is 17.4. The molecule has 3 unspecified atom stereocenters. The van der Waals surface area contributed by atoms with Crippen molar-refractivity contribution in [2.75, 3.05) is 61.1 Å². The molecule has 1 aromatic carbocycles. The monoisotopic (exact) mass is 390 g/mol. The number of hydrogen-bond donors (Lipinski definition) is 1. The van der Waals surface area contributed by atoms with E-state index in [1.54, 1.807) is 7.11 Å².